The molecule has 2 unspecified atom stereocenters. The summed E-state index contributed by atoms with van der Waals surface area (Å²) in [5, 5.41) is 0. The van der Waals surface area contributed by atoms with Gasteiger partial charge in [-0.25, -0.2) is 14.8 Å². The minimum atomic E-state index is -0.458. The van der Waals surface area contributed by atoms with E-state index < -0.39 is 5.97 Å². The molecule has 3 rings (SSSR count). The fourth-order valence-corrected chi connectivity index (χ4v) is 3.99. The second-order valence-corrected chi connectivity index (χ2v) is 7.11. The summed E-state index contributed by atoms with van der Waals surface area (Å²) in [4.78, 5) is 24.9. The van der Waals surface area contributed by atoms with E-state index in [9.17, 15) is 4.79 Å². The number of rotatable bonds is 3. The minimum absolute atomic E-state index is 0.142. The number of aromatic nitrogens is 2. The van der Waals surface area contributed by atoms with E-state index >= 15 is 0 Å². The lowest BCUT2D eigenvalue weighted by atomic mass is 9.71. The van der Waals surface area contributed by atoms with E-state index in [4.69, 9.17) is 4.74 Å². The van der Waals surface area contributed by atoms with E-state index in [1.807, 2.05) is 6.07 Å². The molecule has 120 valence electrons. The van der Waals surface area contributed by atoms with Gasteiger partial charge in [-0.15, -0.1) is 0 Å². The molecule has 22 heavy (non-hydrogen) atoms. The average Bonchev–Trinajstić information content (AvgIpc) is 2.82. The number of nitrogens with zero attached hydrogens (tertiary/aromatic N) is 4. The number of anilines is 1. The maximum atomic E-state index is 11.8. The summed E-state index contributed by atoms with van der Waals surface area (Å²) in [6.45, 7) is 10.9. The van der Waals surface area contributed by atoms with E-state index in [2.05, 4.69) is 40.7 Å². The molecule has 6 heteroatoms. The number of hydrogen-bond donors (Lipinski definition) is 0. The van der Waals surface area contributed by atoms with Crippen molar-refractivity contribution in [2.24, 2.45) is 10.8 Å². The van der Waals surface area contributed by atoms with Crippen molar-refractivity contribution in [3.63, 3.8) is 0 Å². The smallest absolute Gasteiger partial charge is 0.376 e. The summed E-state index contributed by atoms with van der Waals surface area (Å²) in [5.74, 6) is 0.502. The van der Waals surface area contributed by atoms with Crippen LogP contribution in [-0.2, 0) is 4.74 Å². The highest BCUT2D eigenvalue weighted by Gasteiger charge is 2.56. The van der Waals surface area contributed by atoms with Gasteiger partial charge in [0, 0.05) is 43.2 Å². The number of carbonyl (C=O) groups excluding carboxylic acids is 1. The van der Waals surface area contributed by atoms with Crippen LogP contribution in [0, 0.1) is 10.8 Å². The van der Waals surface area contributed by atoms with Crippen LogP contribution in [0.5, 0.6) is 0 Å². The average molecular weight is 304 g/mol. The molecule has 2 aliphatic heterocycles. The Balaban J connectivity index is 1.82. The van der Waals surface area contributed by atoms with Crippen LogP contribution in [0.2, 0.25) is 0 Å². The molecule has 0 aromatic carbocycles. The van der Waals surface area contributed by atoms with Crippen molar-refractivity contribution in [1.29, 1.82) is 0 Å². The van der Waals surface area contributed by atoms with Crippen LogP contribution in [0.15, 0.2) is 12.3 Å². The standard InChI is InChI=1S/C16H24N4O2/c1-5-22-14(21)13-17-7-6-12(18-13)20-10-15(2)8-19(4)9-16(15,3)11-20/h6-7H,5,8-11H2,1-4H3. The molecule has 1 aromatic rings. The third-order valence-corrected chi connectivity index (χ3v) is 5.20. The van der Waals surface area contributed by atoms with E-state index in [0.717, 1.165) is 32.0 Å². The highest BCUT2D eigenvalue weighted by atomic mass is 16.5. The van der Waals surface area contributed by atoms with Crippen LogP contribution in [0.25, 0.3) is 0 Å². The van der Waals surface area contributed by atoms with Crippen molar-refractivity contribution in [2.45, 2.75) is 20.8 Å². The molecule has 0 N–H and O–H groups in total. The second kappa shape index (κ2) is 5.19. The van der Waals surface area contributed by atoms with Crippen LogP contribution in [0.4, 0.5) is 5.82 Å². The van der Waals surface area contributed by atoms with Crippen LogP contribution in [0.3, 0.4) is 0 Å². The Labute approximate surface area is 131 Å². The Morgan fingerprint density at radius 1 is 1.27 bits per heavy atom. The van der Waals surface area contributed by atoms with Crippen molar-refractivity contribution in [3.05, 3.63) is 18.1 Å². The molecule has 0 spiro atoms. The molecule has 2 atom stereocenters. The summed E-state index contributed by atoms with van der Waals surface area (Å²) in [6.07, 6.45) is 1.64. The Morgan fingerprint density at radius 2 is 1.91 bits per heavy atom. The van der Waals surface area contributed by atoms with Gasteiger partial charge in [0.15, 0.2) is 0 Å². The number of likely N-dealkylation sites (tertiary alicyclic amines) is 1. The first-order chi connectivity index (χ1) is 10.4. The van der Waals surface area contributed by atoms with Crippen molar-refractivity contribution in [1.82, 2.24) is 14.9 Å². The van der Waals surface area contributed by atoms with Crippen molar-refractivity contribution >= 4 is 11.8 Å². The Bertz CT molecular complexity index is 573. The first kappa shape index (κ1) is 15.2. The van der Waals surface area contributed by atoms with Crippen LogP contribution in [-0.4, -0.2) is 60.7 Å². The topological polar surface area (TPSA) is 58.6 Å². The van der Waals surface area contributed by atoms with Gasteiger partial charge >= 0.3 is 5.97 Å². The van der Waals surface area contributed by atoms with Gasteiger partial charge in [0.1, 0.15) is 5.82 Å². The number of carbonyl (C=O) groups is 1. The lowest BCUT2D eigenvalue weighted by Gasteiger charge is -2.30. The normalized spacial score (nSPS) is 31.4. The zero-order valence-corrected chi connectivity index (χ0v) is 13.8. The summed E-state index contributed by atoms with van der Waals surface area (Å²) >= 11 is 0. The highest BCUT2D eigenvalue weighted by molar-refractivity contribution is 5.85. The highest BCUT2D eigenvalue weighted by Crippen LogP contribution is 2.51. The zero-order valence-electron chi connectivity index (χ0n) is 13.8. The fourth-order valence-electron chi connectivity index (χ4n) is 3.99. The summed E-state index contributed by atoms with van der Waals surface area (Å²) in [7, 11) is 2.18. The van der Waals surface area contributed by atoms with Gasteiger partial charge in [0.25, 0.3) is 0 Å². The molecular weight excluding hydrogens is 280 g/mol. The van der Waals surface area contributed by atoms with Gasteiger partial charge in [-0.2, -0.15) is 0 Å². The predicted molar refractivity (Wildman–Crippen MR) is 83.9 cm³/mol. The van der Waals surface area contributed by atoms with E-state index in [-0.39, 0.29) is 16.7 Å². The van der Waals surface area contributed by atoms with Crippen LogP contribution in [0.1, 0.15) is 31.4 Å². The maximum absolute atomic E-state index is 11.8. The summed E-state index contributed by atoms with van der Waals surface area (Å²) < 4.78 is 4.98. The number of hydrogen-bond acceptors (Lipinski definition) is 6. The van der Waals surface area contributed by atoms with Gasteiger partial charge in [-0.1, -0.05) is 13.8 Å². The second-order valence-electron chi connectivity index (χ2n) is 7.11. The molecule has 3 heterocycles. The van der Waals surface area contributed by atoms with Crippen molar-refractivity contribution < 1.29 is 9.53 Å². The quantitative estimate of drug-likeness (QED) is 0.787. The van der Waals surface area contributed by atoms with E-state index in [1.54, 1.807) is 13.1 Å². The zero-order chi connectivity index (χ0) is 16.0. The Hall–Kier alpha value is -1.69. The molecular formula is C16H24N4O2. The van der Waals surface area contributed by atoms with Gasteiger partial charge < -0.3 is 14.5 Å². The number of fused-ring (bicyclic) bond motifs is 1. The first-order valence-electron chi connectivity index (χ1n) is 7.81. The number of esters is 1. The summed E-state index contributed by atoms with van der Waals surface area (Å²) in [6, 6.07) is 1.88. The van der Waals surface area contributed by atoms with Crippen LogP contribution >= 0.6 is 0 Å². The molecule has 0 aliphatic carbocycles. The molecule has 2 aliphatic rings. The van der Waals surface area contributed by atoms with E-state index in [1.165, 1.54) is 0 Å². The molecule has 6 nitrogen and oxygen atoms in total. The molecule has 0 amide bonds. The molecule has 2 fully saturated rings. The van der Waals surface area contributed by atoms with Gasteiger partial charge in [0.2, 0.25) is 5.82 Å². The molecule has 0 bridgehead atoms. The Morgan fingerprint density at radius 3 is 2.50 bits per heavy atom. The van der Waals surface area contributed by atoms with Crippen molar-refractivity contribution in [2.75, 3.05) is 44.7 Å². The monoisotopic (exact) mass is 304 g/mol. The molecule has 0 radical (unpaired) electrons. The first-order valence-corrected chi connectivity index (χ1v) is 7.81. The van der Waals surface area contributed by atoms with Gasteiger partial charge in [-0.3, -0.25) is 0 Å². The lowest BCUT2D eigenvalue weighted by Crippen LogP contribution is -2.34. The SMILES string of the molecule is CCOC(=O)c1nccc(N2CC3(C)CN(C)CC3(C)C2)n1. The minimum Gasteiger partial charge on any atom is -0.460 e. The Kier molecular flexibility index (Phi) is 3.59. The van der Waals surface area contributed by atoms with Crippen molar-refractivity contribution in [3.8, 4) is 0 Å². The van der Waals surface area contributed by atoms with Gasteiger partial charge in [-0.05, 0) is 20.0 Å². The third-order valence-electron chi connectivity index (χ3n) is 5.20. The van der Waals surface area contributed by atoms with E-state index in [0.29, 0.717) is 6.61 Å². The van der Waals surface area contributed by atoms with Crippen LogP contribution < -0.4 is 4.90 Å². The summed E-state index contributed by atoms with van der Waals surface area (Å²) in [5.41, 5.74) is 0.494. The predicted octanol–water partition coefficient (Wildman–Crippen LogP) is 1.43. The molecule has 1 aromatic heterocycles. The third kappa shape index (κ3) is 2.35. The lowest BCUT2D eigenvalue weighted by molar-refractivity contribution is 0.0512. The molecule has 0 saturated carbocycles. The molecule has 2 saturated heterocycles. The van der Waals surface area contributed by atoms with Gasteiger partial charge in [0.05, 0.1) is 6.61 Å². The fraction of sp³-hybridized carbons (Fsp3) is 0.688. The number of ether oxygens (including phenoxy) is 1. The maximum Gasteiger partial charge on any atom is 0.376 e. The largest absolute Gasteiger partial charge is 0.460 e.